The van der Waals surface area contributed by atoms with Crippen LogP contribution in [0, 0.1) is 0 Å². The summed E-state index contributed by atoms with van der Waals surface area (Å²) in [7, 11) is 0. The number of hydrogen-bond acceptors (Lipinski definition) is 4. The van der Waals surface area contributed by atoms with Crippen molar-refractivity contribution >= 4 is 11.7 Å². The lowest BCUT2D eigenvalue weighted by atomic mass is 10.2. The number of likely N-dealkylation sites (tertiary alicyclic amines) is 2. The van der Waals surface area contributed by atoms with Crippen LogP contribution in [0.3, 0.4) is 0 Å². The van der Waals surface area contributed by atoms with Gasteiger partial charge in [-0.2, -0.15) is 5.10 Å². The Morgan fingerprint density at radius 1 is 1.25 bits per heavy atom. The number of urea groups is 1. The van der Waals surface area contributed by atoms with E-state index in [-0.39, 0.29) is 12.1 Å². The number of carbonyl (C=O) groups excluding carboxylic acids is 1. The summed E-state index contributed by atoms with van der Waals surface area (Å²) in [5.74, 6) is 0. The average Bonchev–Trinajstić information content (AvgIpc) is 3.36. The van der Waals surface area contributed by atoms with E-state index in [2.05, 4.69) is 15.3 Å². The van der Waals surface area contributed by atoms with Gasteiger partial charge in [0.2, 0.25) is 0 Å². The molecule has 0 aromatic carbocycles. The highest BCUT2D eigenvalue weighted by Crippen LogP contribution is 2.21. The minimum atomic E-state index is -0.00615. The molecule has 1 N–H and O–H groups in total. The molecule has 4 heterocycles. The van der Waals surface area contributed by atoms with Crippen molar-refractivity contribution in [1.29, 1.82) is 0 Å². The van der Waals surface area contributed by atoms with E-state index in [1.807, 2.05) is 15.8 Å². The maximum Gasteiger partial charge on any atom is 0.321 e. The molecule has 24 heavy (non-hydrogen) atoms. The van der Waals surface area contributed by atoms with Gasteiger partial charge in [0.25, 0.3) is 0 Å². The first-order valence-corrected chi connectivity index (χ1v) is 9.22. The van der Waals surface area contributed by atoms with Crippen LogP contribution >= 0.6 is 0 Å². The van der Waals surface area contributed by atoms with Crippen molar-refractivity contribution in [1.82, 2.24) is 19.6 Å². The first-order chi connectivity index (χ1) is 11.8. The number of nitrogens with zero attached hydrogens (tertiary/aromatic N) is 4. The normalized spacial score (nSPS) is 27.9. The number of anilines is 1. The first kappa shape index (κ1) is 15.9. The summed E-state index contributed by atoms with van der Waals surface area (Å²) in [5, 5.41) is 7.32. The molecule has 2 amide bonds. The van der Waals surface area contributed by atoms with Crippen molar-refractivity contribution in [3.8, 4) is 0 Å². The van der Waals surface area contributed by atoms with E-state index in [4.69, 9.17) is 4.74 Å². The summed E-state index contributed by atoms with van der Waals surface area (Å²) >= 11 is 0. The van der Waals surface area contributed by atoms with E-state index in [0.717, 1.165) is 51.2 Å². The van der Waals surface area contributed by atoms with Crippen LogP contribution in [0.2, 0.25) is 0 Å². The molecule has 4 rings (SSSR count). The highest BCUT2D eigenvalue weighted by molar-refractivity contribution is 5.89. The van der Waals surface area contributed by atoms with E-state index in [0.29, 0.717) is 6.04 Å². The van der Waals surface area contributed by atoms with Gasteiger partial charge in [0.1, 0.15) is 0 Å². The molecule has 3 aliphatic rings. The van der Waals surface area contributed by atoms with Gasteiger partial charge in [0.05, 0.1) is 24.5 Å². The van der Waals surface area contributed by atoms with Crippen LogP contribution < -0.4 is 5.32 Å². The summed E-state index contributed by atoms with van der Waals surface area (Å²) in [6.07, 6.45) is 9.78. The Bertz CT molecular complexity index is 563. The fourth-order valence-electron chi connectivity index (χ4n) is 4.06. The van der Waals surface area contributed by atoms with Gasteiger partial charge in [0, 0.05) is 31.9 Å². The zero-order valence-electron chi connectivity index (χ0n) is 14.2. The Hall–Kier alpha value is -1.60. The van der Waals surface area contributed by atoms with Crippen LogP contribution in [0.5, 0.6) is 0 Å². The van der Waals surface area contributed by atoms with Crippen molar-refractivity contribution in [2.45, 2.75) is 50.8 Å². The molecular weight excluding hydrogens is 306 g/mol. The van der Waals surface area contributed by atoms with Crippen molar-refractivity contribution in [3.05, 3.63) is 12.4 Å². The predicted octanol–water partition coefficient (Wildman–Crippen LogP) is 1.76. The lowest BCUT2D eigenvalue weighted by molar-refractivity contribution is 0.0940. The van der Waals surface area contributed by atoms with Gasteiger partial charge in [-0.05, 0) is 45.2 Å². The Morgan fingerprint density at radius 2 is 2.12 bits per heavy atom. The van der Waals surface area contributed by atoms with Crippen molar-refractivity contribution in [2.75, 3.05) is 38.1 Å². The van der Waals surface area contributed by atoms with Gasteiger partial charge in [-0.15, -0.1) is 0 Å². The fourth-order valence-corrected chi connectivity index (χ4v) is 4.06. The molecule has 132 valence electrons. The summed E-state index contributed by atoms with van der Waals surface area (Å²) in [5.41, 5.74) is 0.766. The van der Waals surface area contributed by atoms with E-state index in [1.54, 1.807) is 6.20 Å². The van der Waals surface area contributed by atoms with Gasteiger partial charge in [-0.3, -0.25) is 9.58 Å². The Morgan fingerprint density at radius 3 is 2.92 bits per heavy atom. The smallest absolute Gasteiger partial charge is 0.321 e. The highest BCUT2D eigenvalue weighted by Gasteiger charge is 2.31. The summed E-state index contributed by atoms with van der Waals surface area (Å²) < 4.78 is 7.49. The van der Waals surface area contributed by atoms with E-state index < -0.39 is 0 Å². The zero-order valence-corrected chi connectivity index (χ0v) is 14.2. The third-order valence-corrected chi connectivity index (χ3v) is 5.41. The highest BCUT2D eigenvalue weighted by atomic mass is 16.5. The summed E-state index contributed by atoms with van der Waals surface area (Å²) in [6, 6.07) is 0.536. The van der Waals surface area contributed by atoms with Gasteiger partial charge >= 0.3 is 6.03 Å². The third-order valence-electron chi connectivity index (χ3n) is 5.41. The van der Waals surface area contributed by atoms with Gasteiger partial charge in [-0.25, -0.2) is 4.79 Å². The molecule has 7 nitrogen and oxygen atoms in total. The topological polar surface area (TPSA) is 62.6 Å². The van der Waals surface area contributed by atoms with Crippen LogP contribution in [-0.4, -0.2) is 70.5 Å². The molecule has 0 radical (unpaired) electrons. The van der Waals surface area contributed by atoms with Crippen LogP contribution in [0.25, 0.3) is 0 Å². The molecule has 0 spiro atoms. The second kappa shape index (κ2) is 7.11. The van der Waals surface area contributed by atoms with Crippen LogP contribution in [-0.2, 0) is 11.3 Å². The molecule has 0 saturated carbocycles. The number of rotatable bonds is 4. The molecule has 3 saturated heterocycles. The minimum Gasteiger partial charge on any atom is -0.376 e. The SMILES string of the molecule is O=C(Nc1cnn(C[C@@H]2CCCO2)c1)N1CC[C@@H](N2CCCC2)C1. The molecule has 1 aromatic heterocycles. The largest absolute Gasteiger partial charge is 0.376 e. The third kappa shape index (κ3) is 3.57. The number of hydrogen-bond donors (Lipinski definition) is 1. The number of nitrogens with one attached hydrogen (secondary N) is 1. The molecule has 3 aliphatic heterocycles. The van der Waals surface area contributed by atoms with Gasteiger partial charge in [0.15, 0.2) is 0 Å². The van der Waals surface area contributed by atoms with Crippen LogP contribution in [0.1, 0.15) is 32.1 Å². The molecule has 0 unspecified atom stereocenters. The minimum absolute atomic E-state index is 0.00615. The maximum atomic E-state index is 12.5. The second-order valence-corrected chi connectivity index (χ2v) is 7.15. The molecule has 2 atom stereocenters. The monoisotopic (exact) mass is 333 g/mol. The van der Waals surface area contributed by atoms with Gasteiger partial charge < -0.3 is 15.0 Å². The molecule has 0 aliphatic carbocycles. The van der Waals surface area contributed by atoms with Crippen LogP contribution in [0.4, 0.5) is 10.5 Å². The first-order valence-electron chi connectivity index (χ1n) is 9.22. The maximum absolute atomic E-state index is 12.5. The molecule has 7 heteroatoms. The van der Waals surface area contributed by atoms with E-state index >= 15 is 0 Å². The summed E-state index contributed by atoms with van der Waals surface area (Å²) in [6.45, 7) is 5.68. The predicted molar refractivity (Wildman–Crippen MR) is 91.0 cm³/mol. The lowest BCUT2D eigenvalue weighted by Gasteiger charge is -2.23. The summed E-state index contributed by atoms with van der Waals surface area (Å²) in [4.78, 5) is 16.9. The molecule has 0 bridgehead atoms. The van der Waals surface area contributed by atoms with Crippen molar-refractivity contribution in [2.24, 2.45) is 0 Å². The number of carbonyl (C=O) groups is 1. The number of ether oxygens (including phenoxy) is 1. The lowest BCUT2D eigenvalue weighted by Crippen LogP contribution is -2.38. The average molecular weight is 333 g/mol. The van der Waals surface area contributed by atoms with Crippen molar-refractivity contribution < 1.29 is 9.53 Å². The number of aromatic nitrogens is 2. The number of amides is 2. The van der Waals surface area contributed by atoms with Crippen LogP contribution in [0.15, 0.2) is 12.4 Å². The fraction of sp³-hybridized carbons (Fsp3) is 0.765. The molecular formula is C17H27N5O2. The van der Waals surface area contributed by atoms with E-state index in [1.165, 1.54) is 25.9 Å². The van der Waals surface area contributed by atoms with Crippen molar-refractivity contribution in [3.63, 3.8) is 0 Å². The molecule has 3 fully saturated rings. The van der Waals surface area contributed by atoms with Gasteiger partial charge in [-0.1, -0.05) is 0 Å². The standard InChI is InChI=1S/C17H27N5O2/c23-17(21-8-5-15(12-21)20-6-1-2-7-20)19-14-10-18-22(11-14)13-16-4-3-9-24-16/h10-11,15-16H,1-9,12-13H2,(H,19,23)/t15-,16+/m1/s1. The second-order valence-electron chi connectivity index (χ2n) is 7.15. The quantitative estimate of drug-likeness (QED) is 0.912. The Labute approximate surface area is 142 Å². The Balaban J connectivity index is 1.27. The Kier molecular flexibility index (Phi) is 4.71. The van der Waals surface area contributed by atoms with E-state index in [9.17, 15) is 4.79 Å². The zero-order chi connectivity index (χ0) is 16.4. The molecule has 1 aromatic rings.